The Bertz CT molecular complexity index is 848. The molecular formula is C20H22N4O. The second kappa shape index (κ2) is 7.85. The minimum Gasteiger partial charge on any atom is -0.349 e. The van der Waals surface area contributed by atoms with E-state index < -0.39 is 0 Å². The van der Waals surface area contributed by atoms with E-state index in [1.54, 1.807) is 0 Å². The van der Waals surface area contributed by atoms with E-state index in [1.807, 2.05) is 56.6 Å². The van der Waals surface area contributed by atoms with Gasteiger partial charge >= 0.3 is 0 Å². The van der Waals surface area contributed by atoms with Crippen LogP contribution in [0.3, 0.4) is 0 Å². The van der Waals surface area contributed by atoms with Crippen LogP contribution in [0.1, 0.15) is 16.1 Å². The van der Waals surface area contributed by atoms with E-state index in [0.29, 0.717) is 12.2 Å². The first-order chi connectivity index (χ1) is 12.1. The van der Waals surface area contributed by atoms with Crippen molar-refractivity contribution in [2.75, 3.05) is 20.6 Å². The lowest BCUT2D eigenvalue weighted by Crippen LogP contribution is -2.41. The van der Waals surface area contributed by atoms with Crippen LogP contribution in [0.4, 0.5) is 0 Å². The molecule has 1 atom stereocenters. The Morgan fingerprint density at radius 2 is 1.72 bits per heavy atom. The summed E-state index contributed by atoms with van der Waals surface area (Å²) in [6.07, 6.45) is 2.40. The molecule has 0 aliphatic carbocycles. The highest BCUT2D eigenvalue weighted by Crippen LogP contribution is 2.09. The second-order valence-electron chi connectivity index (χ2n) is 6.26. The summed E-state index contributed by atoms with van der Waals surface area (Å²) in [5.41, 5.74) is 3.11. The topological polar surface area (TPSA) is 58.1 Å². The summed E-state index contributed by atoms with van der Waals surface area (Å²) in [6, 6.07) is 18.0. The van der Waals surface area contributed by atoms with Gasteiger partial charge in [-0.25, -0.2) is 4.98 Å². The molecule has 0 aliphatic heterocycles. The third-order valence-electron chi connectivity index (χ3n) is 4.22. The fraction of sp³-hybridized carbons (Fsp3) is 0.250. The molecule has 1 N–H and O–H groups in total. The second-order valence-corrected chi connectivity index (χ2v) is 6.26. The predicted octanol–water partition coefficient (Wildman–Crippen LogP) is 2.53. The summed E-state index contributed by atoms with van der Waals surface area (Å²) in [4.78, 5) is 23.3. The van der Waals surface area contributed by atoms with E-state index in [9.17, 15) is 4.79 Å². The molecule has 0 saturated heterocycles. The minimum absolute atomic E-state index is 0.196. The van der Waals surface area contributed by atoms with Crippen LogP contribution >= 0.6 is 0 Å². The van der Waals surface area contributed by atoms with Gasteiger partial charge in [0.15, 0.2) is 0 Å². The summed E-state index contributed by atoms with van der Waals surface area (Å²) >= 11 is 0. The van der Waals surface area contributed by atoms with E-state index in [1.165, 1.54) is 11.8 Å². The molecule has 0 spiro atoms. The Hall–Kier alpha value is -2.79. The fourth-order valence-electron chi connectivity index (χ4n) is 2.69. The van der Waals surface area contributed by atoms with Gasteiger partial charge in [-0.3, -0.25) is 9.78 Å². The minimum atomic E-state index is -0.196. The molecule has 5 nitrogen and oxygen atoms in total. The Morgan fingerprint density at radius 3 is 2.44 bits per heavy atom. The normalized spacial score (nSPS) is 12.3. The molecule has 5 heteroatoms. The smallest absolute Gasteiger partial charge is 0.271 e. The van der Waals surface area contributed by atoms with Gasteiger partial charge in [0, 0.05) is 12.6 Å². The lowest BCUT2D eigenvalue weighted by Gasteiger charge is -2.24. The Morgan fingerprint density at radius 1 is 1.04 bits per heavy atom. The molecule has 3 rings (SSSR count). The first kappa shape index (κ1) is 17.0. The number of amides is 1. The van der Waals surface area contributed by atoms with Crippen molar-refractivity contribution in [2.45, 2.75) is 12.5 Å². The maximum absolute atomic E-state index is 12.4. The third-order valence-corrected chi connectivity index (χ3v) is 4.22. The number of nitrogens with one attached hydrogen (secondary N) is 1. The van der Waals surface area contributed by atoms with Gasteiger partial charge in [0.25, 0.3) is 5.91 Å². The average molecular weight is 334 g/mol. The number of hydrogen-bond donors (Lipinski definition) is 1. The maximum atomic E-state index is 12.4. The van der Waals surface area contributed by atoms with Crippen molar-refractivity contribution >= 4 is 16.9 Å². The van der Waals surface area contributed by atoms with Crippen LogP contribution in [-0.4, -0.2) is 47.5 Å². The molecule has 0 fully saturated rings. The van der Waals surface area contributed by atoms with E-state index in [2.05, 4.69) is 32.3 Å². The number of rotatable bonds is 6. The quantitative estimate of drug-likeness (QED) is 0.753. The zero-order valence-electron chi connectivity index (χ0n) is 14.5. The first-order valence-electron chi connectivity index (χ1n) is 8.34. The Kier molecular flexibility index (Phi) is 5.36. The number of likely N-dealkylation sites (N-methyl/N-ethyl adjacent to an activating group) is 1. The highest BCUT2D eigenvalue weighted by atomic mass is 16.1. The van der Waals surface area contributed by atoms with Crippen LogP contribution in [0.15, 0.2) is 60.8 Å². The number of para-hydroxylation sites is 2. The maximum Gasteiger partial charge on any atom is 0.271 e. The number of benzene rings is 2. The molecule has 128 valence electrons. The van der Waals surface area contributed by atoms with E-state index >= 15 is 0 Å². The van der Waals surface area contributed by atoms with Crippen LogP contribution in [0.2, 0.25) is 0 Å². The summed E-state index contributed by atoms with van der Waals surface area (Å²) in [5.74, 6) is -0.196. The van der Waals surface area contributed by atoms with Gasteiger partial charge in [0.1, 0.15) is 5.69 Å². The summed E-state index contributed by atoms with van der Waals surface area (Å²) < 4.78 is 0. The molecule has 0 aliphatic rings. The van der Waals surface area contributed by atoms with E-state index in [0.717, 1.165) is 17.5 Å². The molecule has 3 aromatic rings. The van der Waals surface area contributed by atoms with Crippen molar-refractivity contribution in [3.05, 3.63) is 72.1 Å². The summed E-state index contributed by atoms with van der Waals surface area (Å²) in [6.45, 7) is 0.551. The number of fused-ring (bicyclic) bond motifs is 1. The lowest BCUT2D eigenvalue weighted by molar-refractivity contribution is 0.0936. The standard InChI is InChI=1S/C20H22N4O/c1-24(2)16(12-15-8-4-3-5-9-15)13-22-20(25)19-14-21-17-10-6-7-11-18(17)23-19/h3-11,14,16H,12-13H2,1-2H3,(H,22,25). The number of hydrogen-bond acceptors (Lipinski definition) is 4. The molecule has 25 heavy (non-hydrogen) atoms. The van der Waals surface area contributed by atoms with Crippen molar-refractivity contribution in [3.8, 4) is 0 Å². The highest BCUT2D eigenvalue weighted by Gasteiger charge is 2.15. The molecule has 1 amide bonds. The molecule has 1 unspecified atom stereocenters. The van der Waals surface area contributed by atoms with Crippen LogP contribution in [0.5, 0.6) is 0 Å². The molecule has 0 bridgehead atoms. The van der Waals surface area contributed by atoms with Gasteiger partial charge in [-0.05, 0) is 38.2 Å². The van der Waals surface area contributed by atoms with Gasteiger partial charge in [-0.1, -0.05) is 42.5 Å². The van der Waals surface area contributed by atoms with Crippen LogP contribution < -0.4 is 5.32 Å². The van der Waals surface area contributed by atoms with Crippen molar-refractivity contribution in [3.63, 3.8) is 0 Å². The number of carbonyl (C=O) groups excluding carboxylic acids is 1. The van der Waals surface area contributed by atoms with Gasteiger partial charge in [0.05, 0.1) is 17.2 Å². The van der Waals surface area contributed by atoms with Crippen LogP contribution in [-0.2, 0) is 6.42 Å². The van der Waals surface area contributed by atoms with Gasteiger partial charge in [-0.2, -0.15) is 0 Å². The summed E-state index contributed by atoms with van der Waals surface area (Å²) in [7, 11) is 4.05. The third kappa shape index (κ3) is 4.39. The van der Waals surface area contributed by atoms with Crippen molar-refractivity contribution in [1.29, 1.82) is 0 Å². The number of aromatic nitrogens is 2. The number of nitrogens with zero attached hydrogens (tertiary/aromatic N) is 3. The highest BCUT2D eigenvalue weighted by molar-refractivity contribution is 5.93. The van der Waals surface area contributed by atoms with Gasteiger partial charge in [-0.15, -0.1) is 0 Å². The first-order valence-corrected chi connectivity index (χ1v) is 8.34. The van der Waals surface area contributed by atoms with Crippen molar-refractivity contribution in [2.24, 2.45) is 0 Å². The van der Waals surface area contributed by atoms with E-state index in [-0.39, 0.29) is 11.9 Å². The van der Waals surface area contributed by atoms with Crippen LogP contribution in [0, 0.1) is 0 Å². The predicted molar refractivity (Wildman–Crippen MR) is 99.5 cm³/mol. The molecule has 2 aromatic carbocycles. The number of carbonyl (C=O) groups is 1. The lowest BCUT2D eigenvalue weighted by atomic mass is 10.1. The Labute approximate surface area is 147 Å². The fourth-order valence-corrected chi connectivity index (χ4v) is 2.69. The zero-order valence-corrected chi connectivity index (χ0v) is 14.5. The Balaban J connectivity index is 1.66. The molecule has 1 aromatic heterocycles. The molecule has 0 saturated carbocycles. The largest absolute Gasteiger partial charge is 0.349 e. The SMILES string of the molecule is CN(C)C(CNC(=O)c1cnc2ccccc2n1)Cc1ccccc1. The van der Waals surface area contributed by atoms with Crippen molar-refractivity contribution < 1.29 is 4.79 Å². The average Bonchev–Trinajstić information content (AvgIpc) is 2.65. The zero-order chi connectivity index (χ0) is 17.6. The molecule has 1 heterocycles. The van der Waals surface area contributed by atoms with Crippen molar-refractivity contribution in [1.82, 2.24) is 20.2 Å². The van der Waals surface area contributed by atoms with Crippen LogP contribution in [0.25, 0.3) is 11.0 Å². The molecule has 0 radical (unpaired) electrons. The van der Waals surface area contributed by atoms with E-state index in [4.69, 9.17) is 0 Å². The molecular weight excluding hydrogens is 312 g/mol. The monoisotopic (exact) mass is 334 g/mol. The summed E-state index contributed by atoms with van der Waals surface area (Å²) in [5, 5.41) is 2.98. The van der Waals surface area contributed by atoms with Gasteiger partial charge in [0.2, 0.25) is 0 Å². The van der Waals surface area contributed by atoms with Gasteiger partial charge < -0.3 is 10.2 Å².